The summed E-state index contributed by atoms with van der Waals surface area (Å²) >= 11 is 3.66. The van der Waals surface area contributed by atoms with Gasteiger partial charge in [-0.2, -0.15) is 0 Å². The molecule has 0 aliphatic carbocycles. The second-order valence-corrected chi connectivity index (χ2v) is 10.1. The molecular formula is C33H21BrN4. The van der Waals surface area contributed by atoms with Gasteiger partial charge in [0, 0.05) is 45.3 Å². The molecule has 0 aliphatic heterocycles. The molecule has 0 saturated heterocycles. The van der Waals surface area contributed by atoms with E-state index in [4.69, 9.17) is 4.98 Å². The Morgan fingerprint density at radius 2 is 1.21 bits per heavy atom. The van der Waals surface area contributed by atoms with Crippen LogP contribution in [0.3, 0.4) is 0 Å². The highest BCUT2D eigenvalue weighted by molar-refractivity contribution is 9.10. The van der Waals surface area contributed by atoms with Crippen molar-refractivity contribution in [3.8, 4) is 39.3 Å². The van der Waals surface area contributed by atoms with Gasteiger partial charge in [0.15, 0.2) is 0 Å². The van der Waals surface area contributed by atoms with Crippen LogP contribution in [-0.4, -0.2) is 19.5 Å². The van der Waals surface area contributed by atoms with Gasteiger partial charge in [-0.05, 0) is 96.1 Å². The Balaban J connectivity index is 1.44. The highest BCUT2D eigenvalue weighted by Crippen LogP contribution is 2.35. The van der Waals surface area contributed by atoms with Gasteiger partial charge in [0.05, 0.1) is 27.9 Å². The van der Waals surface area contributed by atoms with E-state index in [1.165, 1.54) is 0 Å². The molecule has 0 unspecified atom stereocenters. The minimum absolute atomic E-state index is 0.931. The van der Waals surface area contributed by atoms with E-state index in [0.29, 0.717) is 0 Å². The molecule has 0 spiro atoms. The molecule has 0 fully saturated rings. The topological polar surface area (TPSA) is 43.6 Å². The first kappa shape index (κ1) is 22.6. The predicted molar refractivity (Wildman–Crippen MR) is 158 cm³/mol. The van der Waals surface area contributed by atoms with Gasteiger partial charge in [0.2, 0.25) is 0 Å². The molecule has 0 N–H and O–H groups in total. The number of pyridine rings is 3. The van der Waals surface area contributed by atoms with Crippen LogP contribution in [0.1, 0.15) is 0 Å². The second-order valence-electron chi connectivity index (χ2n) is 9.15. The first-order chi connectivity index (χ1) is 18.7. The maximum Gasteiger partial charge on any atom is 0.0963 e. The smallest absolute Gasteiger partial charge is 0.0963 e. The van der Waals surface area contributed by atoms with Gasteiger partial charge in [-0.25, -0.2) is 0 Å². The van der Waals surface area contributed by atoms with E-state index in [1.807, 2.05) is 61.1 Å². The molecule has 4 aromatic heterocycles. The lowest BCUT2D eigenvalue weighted by Crippen LogP contribution is -1.95. The second kappa shape index (κ2) is 9.36. The van der Waals surface area contributed by atoms with Crippen molar-refractivity contribution < 1.29 is 0 Å². The number of fused-ring (bicyclic) bond motifs is 3. The number of hydrogen-bond donors (Lipinski definition) is 0. The Hall–Kier alpha value is -4.61. The quantitative estimate of drug-likeness (QED) is 0.219. The van der Waals surface area contributed by atoms with E-state index in [9.17, 15) is 0 Å². The van der Waals surface area contributed by atoms with Crippen LogP contribution in [0.25, 0.3) is 61.3 Å². The van der Waals surface area contributed by atoms with E-state index in [2.05, 4.69) is 97.2 Å². The summed E-state index contributed by atoms with van der Waals surface area (Å²) in [6.07, 6.45) is 5.52. The maximum absolute atomic E-state index is 4.71. The molecule has 0 atom stereocenters. The number of rotatable bonds is 4. The molecule has 7 rings (SSSR count). The predicted octanol–water partition coefficient (Wildman–Crippen LogP) is 8.73. The van der Waals surface area contributed by atoms with Crippen molar-refractivity contribution in [2.75, 3.05) is 0 Å². The Morgan fingerprint density at radius 3 is 1.92 bits per heavy atom. The van der Waals surface area contributed by atoms with Crippen LogP contribution in [-0.2, 0) is 0 Å². The van der Waals surface area contributed by atoms with Crippen molar-refractivity contribution in [1.29, 1.82) is 0 Å². The normalized spacial score (nSPS) is 11.3. The van der Waals surface area contributed by atoms with E-state index < -0.39 is 0 Å². The van der Waals surface area contributed by atoms with Gasteiger partial charge >= 0.3 is 0 Å². The Kier molecular flexibility index (Phi) is 5.56. The van der Waals surface area contributed by atoms with Crippen molar-refractivity contribution >= 4 is 37.9 Å². The highest BCUT2D eigenvalue weighted by Gasteiger charge is 2.15. The highest BCUT2D eigenvalue weighted by atomic mass is 79.9. The molecule has 0 amide bonds. The lowest BCUT2D eigenvalue weighted by atomic mass is 9.96. The third-order valence-electron chi connectivity index (χ3n) is 6.78. The molecule has 4 nitrogen and oxygen atoms in total. The van der Waals surface area contributed by atoms with Gasteiger partial charge in [-0.3, -0.25) is 15.0 Å². The van der Waals surface area contributed by atoms with Crippen LogP contribution in [0.4, 0.5) is 0 Å². The summed E-state index contributed by atoms with van der Waals surface area (Å²) in [6.45, 7) is 0. The SMILES string of the molecule is Brc1ccc2c3ncccc3n(-c3cccc(-c4cc(-c5ccccn5)cc(-c5ccccn5)c4)c3)c2c1. The maximum atomic E-state index is 4.71. The molecule has 0 aliphatic rings. The van der Waals surface area contributed by atoms with Crippen molar-refractivity contribution in [2.24, 2.45) is 0 Å². The van der Waals surface area contributed by atoms with Crippen LogP contribution in [0.2, 0.25) is 0 Å². The summed E-state index contributed by atoms with van der Waals surface area (Å²) in [5.74, 6) is 0. The van der Waals surface area contributed by atoms with Gasteiger partial charge in [0.25, 0.3) is 0 Å². The Morgan fingerprint density at radius 1 is 0.500 bits per heavy atom. The summed E-state index contributed by atoms with van der Waals surface area (Å²) in [7, 11) is 0. The van der Waals surface area contributed by atoms with E-state index in [-0.39, 0.29) is 0 Å². The lowest BCUT2D eigenvalue weighted by Gasteiger charge is -2.13. The minimum Gasteiger partial charge on any atom is -0.308 e. The minimum atomic E-state index is 0.931. The first-order valence-corrected chi connectivity index (χ1v) is 13.2. The molecule has 180 valence electrons. The molecular weight excluding hydrogens is 532 g/mol. The fraction of sp³-hybridized carbons (Fsp3) is 0. The summed E-state index contributed by atoms with van der Waals surface area (Å²) in [4.78, 5) is 13.9. The monoisotopic (exact) mass is 552 g/mol. The van der Waals surface area contributed by atoms with Gasteiger partial charge in [0.1, 0.15) is 0 Å². The zero-order valence-electron chi connectivity index (χ0n) is 20.3. The van der Waals surface area contributed by atoms with Gasteiger partial charge < -0.3 is 4.57 Å². The van der Waals surface area contributed by atoms with Gasteiger partial charge in [-0.15, -0.1) is 0 Å². The third kappa shape index (κ3) is 3.98. The molecule has 4 heterocycles. The van der Waals surface area contributed by atoms with Crippen LogP contribution < -0.4 is 0 Å². The summed E-state index contributed by atoms with van der Waals surface area (Å²) in [5.41, 5.74) is 10.5. The van der Waals surface area contributed by atoms with Crippen LogP contribution in [0.15, 0.2) is 132 Å². The lowest BCUT2D eigenvalue weighted by molar-refractivity contribution is 1.17. The summed E-state index contributed by atoms with van der Waals surface area (Å²) in [5, 5.41) is 1.13. The number of hydrogen-bond acceptors (Lipinski definition) is 3. The fourth-order valence-corrected chi connectivity index (χ4v) is 5.41. The number of halogens is 1. The first-order valence-electron chi connectivity index (χ1n) is 12.4. The number of aromatic nitrogens is 4. The van der Waals surface area contributed by atoms with E-state index in [0.717, 1.165) is 65.7 Å². The molecule has 3 aromatic carbocycles. The summed E-state index contributed by atoms with van der Waals surface area (Å²) < 4.78 is 3.32. The van der Waals surface area contributed by atoms with Crippen molar-refractivity contribution in [2.45, 2.75) is 0 Å². The third-order valence-corrected chi connectivity index (χ3v) is 7.27. The van der Waals surface area contributed by atoms with Crippen LogP contribution in [0.5, 0.6) is 0 Å². The van der Waals surface area contributed by atoms with Crippen molar-refractivity contribution in [1.82, 2.24) is 19.5 Å². The Labute approximate surface area is 228 Å². The molecule has 38 heavy (non-hydrogen) atoms. The van der Waals surface area contributed by atoms with Crippen LogP contribution in [0, 0.1) is 0 Å². The van der Waals surface area contributed by atoms with E-state index >= 15 is 0 Å². The molecule has 7 aromatic rings. The standard InChI is InChI=1S/C33H21BrN4/c34-26-12-13-28-32(21-26)38(31-11-6-16-37-33(28)31)27-8-5-7-22(20-27)23-17-24(29-9-1-3-14-35-29)19-25(18-23)30-10-2-4-15-36-30/h1-21H. The van der Waals surface area contributed by atoms with Crippen LogP contribution >= 0.6 is 15.9 Å². The van der Waals surface area contributed by atoms with Crippen molar-refractivity contribution in [3.63, 3.8) is 0 Å². The number of nitrogens with zero attached hydrogens (tertiary/aromatic N) is 4. The molecule has 0 bridgehead atoms. The largest absolute Gasteiger partial charge is 0.308 e. The van der Waals surface area contributed by atoms with Crippen molar-refractivity contribution in [3.05, 3.63) is 132 Å². The zero-order valence-corrected chi connectivity index (χ0v) is 21.9. The number of benzene rings is 3. The van der Waals surface area contributed by atoms with Gasteiger partial charge in [-0.1, -0.05) is 40.2 Å². The summed E-state index contributed by atoms with van der Waals surface area (Å²) in [6, 6.07) is 37.7. The van der Waals surface area contributed by atoms with E-state index in [1.54, 1.807) is 0 Å². The molecule has 5 heteroatoms. The fourth-order valence-electron chi connectivity index (χ4n) is 5.06. The molecule has 0 saturated carbocycles. The Bertz CT molecular complexity index is 1870. The average molecular weight is 553 g/mol. The molecule has 0 radical (unpaired) electrons. The zero-order chi connectivity index (χ0) is 25.5. The average Bonchev–Trinajstić information content (AvgIpc) is 3.31.